The minimum Gasteiger partial charge on any atom is -0.494 e. The van der Waals surface area contributed by atoms with E-state index < -0.39 is 20.0 Å². The smallest absolute Gasteiger partial charge is 0.191 e. The molecule has 25 heavy (non-hydrogen) atoms. The predicted octanol–water partition coefficient (Wildman–Crippen LogP) is 4.36. The van der Waals surface area contributed by atoms with Gasteiger partial charge in [-0.1, -0.05) is 20.8 Å². The van der Waals surface area contributed by atoms with Crippen LogP contribution in [-0.2, 0) is 4.43 Å². The van der Waals surface area contributed by atoms with E-state index in [9.17, 15) is 10.2 Å². The fourth-order valence-corrected chi connectivity index (χ4v) is 3.52. The lowest BCUT2D eigenvalue weighted by molar-refractivity contribution is -0.0780. The van der Waals surface area contributed by atoms with Gasteiger partial charge in [-0.15, -0.1) is 0 Å². The van der Waals surface area contributed by atoms with Crippen LogP contribution in [0.3, 0.4) is 0 Å². The van der Waals surface area contributed by atoms with E-state index in [0.29, 0.717) is 24.5 Å². The number of nitrogens with zero attached hydrogens (tertiary/aromatic N) is 1. The van der Waals surface area contributed by atoms with Crippen LogP contribution in [0.2, 0.25) is 18.1 Å². The zero-order chi connectivity index (χ0) is 19.6. The SMILES string of the molecule is COc1c(C(O)C(C)(O)CCO[Si](C)(C)C(C)(C)C)ncc(Br)c1C. The lowest BCUT2D eigenvalue weighted by Crippen LogP contribution is -2.43. The summed E-state index contributed by atoms with van der Waals surface area (Å²) in [7, 11) is -0.362. The van der Waals surface area contributed by atoms with Crippen LogP contribution in [-0.4, -0.2) is 42.8 Å². The molecule has 1 rings (SSSR count). The van der Waals surface area contributed by atoms with E-state index in [2.05, 4.69) is 54.8 Å². The zero-order valence-corrected chi connectivity index (χ0v) is 19.2. The first kappa shape index (κ1) is 22.6. The molecule has 1 aromatic rings. The normalized spacial score (nSPS) is 16.4. The Morgan fingerprint density at radius 2 is 1.84 bits per heavy atom. The highest BCUT2D eigenvalue weighted by Crippen LogP contribution is 2.39. The largest absolute Gasteiger partial charge is 0.494 e. The highest BCUT2D eigenvalue weighted by atomic mass is 79.9. The third kappa shape index (κ3) is 5.26. The van der Waals surface area contributed by atoms with Gasteiger partial charge in [0, 0.05) is 29.3 Å². The number of ether oxygens (including phenoxy) is 1. The maximum Gasteiger partial charge on any atom is 0.191 e. The fraction of sp³-hybridized carbons (Fsp3) is 0.722. The van der Waals surface area contributed by atoms with Gasteiger partial charge in [-0.05, 0) is 47.9 Å². The topological polar surface area (TPSA) is 71.8 Å². The average molecular weight is 434 g/mol. The van der Waals surface area contributed by atoms with Crippen molar-refractivity contribution in [2.75, 3.05) is 13.7 Å². The highest BCUT2D eigenvalue weighted by Gasteiger charge is 2.39. The third-order valence-electron chi connectivity index (χ3n) is 5.18. The molecule has 2 N–H and O–H groups in total. The molecule has 0 aliphatic heterocycles. The van der Waals surface area contributed by atoms with Gasteiger partial charge in [0.25, 0.3) is 0 Å². The molecule has 5 nitrogen and oxygen atoms in total. The molecule has 0 aromatic carbocycles. The van der Waals surface area contributed by atoms with Crippen LogP contribution >= 0.6 is 15.9 Å². The molecular formula is C18H32BrNO4Si. The van der Waals surface area contributed by atoms with Gasteiger partial charge >= 0.3 is 0 Å². The summed E-state index contributed by atoms with van der Waals surface area (Å²) in [6.45, 7) is 14.7. The van der Waals surface area contributed by atoms with Gasteiger partial charge in [0.15, 0.2) is 8.32 Å². The van der Waals surface area contributed by atoms with E-state index in [4.69, 9.17) is 9.16 Å². The highest BCUT2D eigenvalue weighted by molar-refractivity contribution is 9.10. The van der Waals surface area contributed by atoms with E-state index in [-0.39, 0.29) is 5.04 Å². The maximum atomic E-state index is 10.8. The first-order valence-corrected chi connectivity index (χ1v) is 12.2. The summed E-state index contributed by atoms with van der Waals surface area (Å²) in [5.74, 6) is 0.479. The average Bonchev–Trinajstić information content (AvgIpc) is 2.47. The number of hydrogen-bond donors (Lipinski definition) is 2. The summed E-state index contributed by atoms with van der Waals surface area (Å²) in [5.41, 5.74) is -0.205. The van der Waals surface area contributed by atoms with Crippen molar-refractivity contribution >= 4 is 24.2 Å². The molecule has 0 saturated carbocycles. The number of hydrogen-bond acceptors (Lipinski definition) is 5. The Balaban J connectivity index is 2.91. The molecule has 0 aliphatic carbocycles. The number of aliphatic hydroxyl groups excluding tert-OH is 1. The van der Waals surface area contributed by atoms with Crippen LogP contribution in [0, 0.1) is 6.92 Å². The van der Waals surface area contributed by atoms with Crippen molar-refractivity contribution in [3.8, 4) is 5.75 Å². The molecule has 2 unspecified atom stereocenters. The van der Waals surface area contributed by atoms with Crippen LogP contribution < -0.4 is 4.74 Å². The summed E-state index contributed by atoms with van der Waals surface area (Å²) in [4.78, 5) is 4.26. The lowest BCUT2D eigenvalue weighted by Gasteiger charge is -2.37. The Kier molecular flexibility index (Phi) is 7.26. The second-order valence-corrected chi connectivity index (χ2v) is 13.9. The Hall–Kier alpha value is -0.473. The molecule has 0 saturated heterocycles. The molecule has 1 aromatic heterocycles. The molecule has 144 valence electrons. The summed E-state index contributed by atoms with van der Waals surface area (Å²) in [5, 5.41) is 21.6. The van der Waals surface area contributed by atoms with Crippen molar-refractivity contribution in [3.63, 3.8) is 0 Å². The monoisotopic (exact) mass is 433 g/mol. The minimum absolute atomic E-state index is 0.102. The first-order valence-electron chi connectivity index (χ1n) is 8.48. The molecule has 1 heterocycles. The standard InChI is InChI=1S/C18H32BrNO4Si/c1-12-13(19)11-20-14(15(12)23-6)16(21)18(5,22)9-10-24-25(7,8)17(2,3)4/h11,16,21-22H,9-10H2,1-8H3. The molecule has 0 spiro atoms. The van der Waals surface area contributed by atoms with Crippen molar-refractivity contribution in [1.29, 1.82) is 0 Å². The predicted molar refractivity (Wildman–Crippen MR) is 107 cm³/mol. The quantitative estimate of drug-likeness (QED) is 0.624. The number of aromatic nitrogens is 1. The van der Waals surface area contributed by atoms with E-state index >= 15 is 0 Å². The maximum absolute atomic E-state index is 10.8. The first-order chi connectivity index (χ1) is 11.2. The van der Waals surface area contributed by atoms with Gasteiger partial charge in [0.1, 0.15) is 17.5 Å². The molecule has 0 amide bonds. The van der Waals surface area contributed by atoms with Gasteiger partial charge in [0.2, 0.25) is 0 Å². The van der Waals surface area contributed by atoms with Gasteiger partial charge < -0.3 is 19.4 Å². The molecule has 2 atom stereocenters. The minimum atomic E-state index is -1.89. The Morgan fingerprint density at radius 3 is 2.32 bits per heavy atom. The van der Waals surface area contributed by atoms with Crippen molar-refractivity contribution in [2.45, 2.75) is 70.9 Å². The Bertz CT molecular complexity index is 599. The second-order valence-electron chi connectivity index (χ2n) is 8.27. The molecule has 0 fully saturated rings. The Morgan fingerprint density at radius 1 is 1.28 bits per heavy atom. The van der Waals surface area contributed by atoms with Crippen LogP contribution in [0.1, 0.15) is 51.5 Å². The zero-order valence-electron chi connectivity index (χ0n) is 16.6. The fourth-order valence-electron chi connectivity index (χ4n) is 2.20. The molecular weight excluding hydrogens is 402 g/mol. The lowest BCUT2D eigenvalue weighted by atomic mass is 9.92. The van der Waals surface area contributed by atoms with Gasteiger partial charge in [0.05, 0.1) is 12.7 Å². The van der Waals surface area contributed by atoms with Gasteiger partial charge in [-0.2, -0.15) is 0 Å². The summed E-state index contributed by atoms with van der Waals surface area (Å²) in [6.07, 6.45) is 0.747. The molecule has 7 heteroatoms. The van der Waals surface area contributed by atoms with Gasteiger partial charge in [-0.25, -0.2) is 0 Å². The van der Waals surface area contributed by atoms with E-state index in [0.717, 1.165) is 10.0 Å². The van der Waals surface area contributed by atoms with E-state index in [1.165, 1.54) is 7.11 Å². The number of methoxy groups -OCH3 is 1. The number of aliphatic hydroxyl groups is 2. The van der Waals surface area contributed by atoms with Crippen LogP contribution in [0.25, 0.3) is 0 Å². The summed E-state index contributed by atoms with van der Waals surface area (Å²) < 4.78 is 12.3. The molecule has 0 aliphatic rings. The summed E-state index contributed by atoms with van der Waals surface area (Å²) in [6, 6.07) is 0. The van der Waals surface area contributed by atoms with Crippen molar-refractivity contribution in [2.24, 2.45) is 0 Å². The molecule has 0 bridgehead atoms. The van der Waals surface area contributed by atoms with Crippen molar-refractivity contribution in [3.05, 3.63) is 21.9 Å². The van der Waals surface area contributed by atoms with Crippen LogP contribution in [0.15, 0.2) is 10.7 Å². The third-order valence-corrected chi connectivity index (χ3v) is 10.5. The number of halogens is 1. The van der Waals surface area contributed by atoms with E-state index in [1.54, 1.807) is 13.1 Å². The molecule has 0 radical (unpaired) electrons. The van der Waals surface area contributed by atoms with Crippen LogP contribution in [0.5, 0.6) is 5.75 Å². The Labute approximate surface area is 161 Å². The number of rotatable bonds is 7. The van der Waals surface area contributed by atoms with Crippen molar-refractivity contribution in [1.82, 2.24) is 4.98 Å². The van der Waals surface area contributed by atoms with Gasteiger partial charge in [-0.3, -0.25) is 4.98 Å². The van der Waals surface area contributed by atoms with Crippen LogP contribution in [0.4, 0.5) is 0 Å². The van der Waals surface area contributed by atoms with E-state index in [1.807, 2.05) is 6.92 Å². The second kappa shape index (κ2) is 8.04. The van der Waals surface area contributed by atoms with Crippen molar-refractivity contribution < 1.29 is 19.4 Å². The summed E-state index contributed by atoms with van der Waals surface area (Å²) >= 11 is 3.40. The number of pyridine rings is 1.